The van der Waals surface area contributed by atoms with Crippen LogP contribution in [0.15, 0.2) is 0 Å². The highest BCUT2D eigenvalue weighted by Gasteiger charge is 2.12. The summed E-state index contributed by atoms with van der Waals surface area (Å²) in [5.74, 6) is 0. The van der Waals surface area contributed by atoms with Crippen molar-refractivity contribution in [1.82, 2.24) is 4.90 Å². The van der Waals surface area contributed by atoms with Gasteiger partial charge in [0.15, 0.2) is 0 Å². The van der Waals surface area contributed by atoms with Crippen molar-refractivity contribution in [2.45, 2.75) is 73.0 Å². The van der Waals surface area contributed by atoms with Crippen LogP contribution in [-0.2, 0) is 9.53 Å². The fourth-order valence-corrected chi connectivity index (χ4v) is 1.14. The van der Waals surface area contributed by atoms with Crippen molar-refractivity contribution in [3.05, 3.63) is 0 Å². The van der Waals surface area contributed by atoms with E-state index < -0.39 is 0 Å². The quantitative estimate of drug-likeness (QED) is 0.748. The Morgan fingerprint density at radius 1 is 1.11 bits per heavy atom. The van der Waals surface area contributed by atoms with Crippen LogP contribution in [0, 0.1) is 0 Å². The topological polar surface area (TPSA) is 49.8 Å². The second-order valence-electron chi connectivity index (χ2n) is 4.86. The molecule has 1 heterocycles. The molecule has 0 saturated carbocycles. The fraction of sp³-hybridized carbons (Fsp3) is 0.933. The number of hydrogen-bond donors (Lipinski definition) is 1. The van der Waals surface area contributed by atoms with Gasteiger partial charge in [-0.2, -0.15) is 0 Å². The molecule has 0 aromatic rings. The Morgan fingerprint density at radius 2 is 1.47 bits per heavy atom. The number of likely N-dealkylation sites (tertiary alicyclic amines) is 1. The van der Waals surface area contributed by atoms with Crippen LogP contribution < -0.4 is 0 Å². The first-order valence-corrected chi connectivity index (χ1v) is 7.33. The van der Waals surface area contributed by atoms with E-state index in [0.717, 1.165) is 25.9 Å². The monoisotopic (exact) mass is 277 g/mol. The highest BCUT2D eigenvalue weighted by Crippen LogP contribution is 2.06. The van der Waals surface area contributed by atoms with E-state index in [1.165, 1.54) is 0 Å². The Morgan fingerprint density at radius 3 is 1.63 bits per heavy atom. The molecule has 1 N–H and O–H groups in total. The molecule has 0 radical (unpaired) electrons. The van der Waals surface area contributed by atoms with Crippen molar-refractivity contribution >= 4 is 6.47 Å². The molecule has 118 valence electrons. The van der Waals surface area contributed by atoms with Crippen LogP contribution in [0.4, 0.5) is 0 Å². The number of piperidine rings is 1. The Balaban J connectivity index is -0.000000215. The van der Waals surface area contributed by atoms with Crippen LogP contribution >= 0.6 is 0 Å². The van der Waals surface area contributed by atoms with Crippen molar-refractivity contribution in [2.75, 3.05) is 20.1 Å². The second-order valence-corrected chi connectivity index (χ2v) is 4.86. The number of aliphatic hydroxyl groups is 1. The van der Waals surface area contributed by atoms with Crippen LogP contribution in [-0.4, -0.2) is 48.3 Å². The molecule has 0 aromatic carbocycles. The highest BCUT2D eigenvalue weighted by molar-refractivity contribution is 5.37. The average molecular weight is 277 g/mol. The molecule has 1 aliphatic rings. The van der Waals surface area contributed by atoms with E-state index in [4.69, 9.17) is 5.11 Å². The van der Waals surface area contributed by atoms with E-state index in [2.05, 4.69) is 16.7 Å². The molecule has 1 saturated heterocycles. The molecule has 0 spiro atoms. The first-order valence-electron chi connectivity index (χ1n) is 7.33. The van der Waals surface area contributed by atoms with Crippen LogP contribution in [0.25, 0.3) is 0 Å². The van der Waals surface area contributed by atoms with Crippen LogP contribution in [0.2, 0.25) is 0 Å². The van der Waals surface area contributed by atoms with Gasteiger partial charge in [-0.15, -0.1) is 0 Å². The van der Waals surface area contributed by atoms with Crippen LogP contribution in [0.1, 0.15) is 61.3 Å². The third-order valence-corrected chi connectivity index (χ3v) is 2.09. The van der Waals surface area contributed by atoms with Crippen molar-refractivity contribution in [3.63, 3.8) is 0 Å². The molecule has 1 fully saturated rings. The lowest BCUT2D eigenvalue weighted by Gasteiger charge is -2.25. The van der Waals surface area contributed by atoms with E-state index in [0.29, 0.717) is 6.47 Å². The third kappa shape index (κ3) is 23.0. The molecule has 1 rings (SSSR count). The Labute approximate surface area is 120 Å². The van der Waals surface area contributed by atoms with Gasteiger partial charge in [-0.25, -0.2) is 0 Å². The maximum atomic E-state index is 9.60. The summed E-state index contributed by atoms with van der Waals surface area (Å²) < 4.78 is 4.55. The molecule has 4 heteroatoms. The summed E-state index contributed by atoms with van der Waals surface area (Å²) in [6.45, 7) is 16.0. The van der Waals surface area contributed by atoms with E-state index in [1.54, 1.807) is 0 Å². The molecule has 19 heavy (non-hydrogen) atoms. The van der Waals surface area contributed by atoms with Gasteiger partial charge in [0.1, 0.15) is 5.60 Å². The maximum Gasteiger partial charge on any atom is 0.293 e. The molecular formula is C15H35NO3. The standard InChI is InChI=1S/C6H13NO.C5H10O2.2C2H6/c1-7-4-2-6(8)3-5-7;1-5(2,3)7-4-6;2*1-2/h6,8H,2-5H2,1H3;4H,1-3H3;2*1-2H3. The Hall–Kier alpha value is -0.610. The lowest BCUT2D eigenvalue weighted by molar-refractivity contribution is -0.138. The molecule has 1 aliphatic heterocycles. The second kappa shape index (κ2) is 15.4. The third-order valence-electron chi connectivity index (χ3n) is 2.09. The lowest BCUT2D eigenvalue weighted by Crippen LogP contribution is -2.32. The Kier molecular flexibility index (Phi) is 19.1. The van der Waals surface area contributed by atoms with Gasteiger partial charge in [0.05, 0.1) is 6.10 Å². The Bertz CT molecular complexity index is 161. The zero-order valence-corrected chi connectivity index (χ0v) is 14.2. The molecule has 4 nitrogen and oxygen atoms in total. The van der Waals surface area contributed by atoms with Crippen LogP contribution in [0.3, 0.4) is 0 Å². The van der Waals surface area contributed by atoms with Gasteiger partial charge in [-0.3, -0.25) is 4.79 Å². The predicted octanol–water partition coefficient (Wildman–Crippen LogP) is 3.08. The number of rotatable bonds is 1. The van der Waals surface area contributed by atoms with E-state index in [-0.39, 0.29) is 11.7 Å². The molecule has 0 aromatic heterocycles. The van der Waals surface area contributed by atoms with Crippen molar-refractivity contribution in [1.29, 1.82) is 0 Å². The van der Waals surface area contributed by atoms with E-state index in [1.807, 2.05) is 48.5 Å². The van der Waals surface area contributed by atoms with E-state index >= 15 is 0 Å². The summed E-state index contributed by atoms with van der Waals surface area (Å²) in [5, 5.41) is 9.00. The average Bonchev–Trinajstić information content (AvgIpc) is 2.37. The minimum absolute atomic E-state index is 0.0220. The zero-order valence-electron chi connectivity index (χ0n) is 14.2. The summed E-state index contributed by atoms with van der Waals surface area (Å²) in [4.78, 5) is 11.8. The minimum Gasteiger partial charge on any atom is -0.462 e. The number of carbonyl (C=O) groups is 1. The largest absolute Gasteiger partial charge is 0.462 e. The van der Waals surface area contributed by atoms with Crippen molar-refractivity contribution in [3.8, 4) is 0 Å². The molecule has 0 aliphatic carbocycles. The van der Waals surface area contributed by atoms with Crippen LogP contribution in [0.5, 0.6) is 0 Å². The van der Waals surface area contributed by atoms with Gasteiger partial charge in [-0.05, 0) is 40.7 Å². The minimum atomic E-state index is -0.318. The number of carbonyl (C=O) groups excluding carboxylic acids is 1. The molecular weight excluding hydrogens is 242 g/mol. The first kappa shape index (κ1) is 23.5. The smallest absolute Gasteiger partial charge is 0.293 e. The summed E-state index contributed by atoms with van der Waals surface area (Å²) in [6.07, 6.45) is 1.89. The number of hydrogen-bond acceptors (Lipinski definition) is 4. The SMILES string of the molecule is CC.CC.CC(C)(C)OC=O.CN1CCC(O)CC1. The summed E-state index contributed by atoms with van der Waals surface area (Å²) in [6, 6.07) is 0. The maximum absolute atomic E-state index is 9.60. The summed E-state index contributed by atoms with van der Waals surface area (Å²) in [5.41, 5.74) is -0.318. The molecule has 0 bridgehead atoms. The number of aliphatic hydroxyl groups excluding tert-OH is 1. The van der Waals surface area contributed by atoms with Gasteiger partial charge in [0.25, 0.3) is 6.47 Å². The summed E-state index contributed by atoms with van der Waals surface area (Å²) in [7, 11) is 2.09. The van der Waals surface area contributed by atoms with Gasteiger partial charge in [0.2, 0.25) is 0 Å². The fourth-order valence-electron chi connectivity index (χ4n) is 1.14. The predicted molar refractivity (Wildman–Crippen MR) is 82.3 cm³/mol. The van der Waals surface area contributed by atoms with Crippen molar-refractivity contribution < 1.29 is 14.6 Å². The normalized spacial score (nSPS) is 15.6. The van der Waals surface area contributed by atoms with E-state index in [9.17, 15) is 4.79 Å². The molecule has 0 atom stereocenters. The number of nitrogens with zero attached hydrogens (tertiary/aromatic N) is 1. The first-order chi connectivity index (χ1) is 8.85. The highest BCUT2D eigenvalue weighted by atomic mass is 16.5. The number of ether oxygens (including phenoxy) is 1. The zero-order chi connectivity index (χ0) is 15.9. The van der Waals surface area contributed by atoms with Gasteiger partial charge in [-0.1, -0.05) is 27.7 Å². The summed E-state index contributed by atoms with van der Waals surface area (Å²) >= 11 is 0. The van der Waals surface area contributed by atoms with Crippen molar-refractivity contribution in [2.24, 2.45) is 0 Å². The van der Waals surface area contributed by atoms with Gasteiger partial charge >= 0.3 is 0 Å². The van der Waals surface area contributed by atoms with Gasteiger partial charge in [0, 0.05) is 13.1 Å². The lowest BCUT2D eigenvalue weighted by atomic mass is 10.1. The van der Waals surface area contributed by atoms with Gasteiger partial charge < -0.3 is 14.7 Å². The molecule has 0 unspecified atom stereocenters. The molecule has 0 amide bonds.